The third-order valence-corrected chi connectivity index (χ3v) is 5.64. The fourth-order valence-corrected chi connectivity index (χ4v) is 3.90. The van der Waals surface area contributed by atoms with Crippen LogP contribution >= 0.6 is 0 Å². The number of nitrogens with one attached hydrogen (secondary N) is 3. The molecule has 3 amide bonds. The molecule has 3 N–H and O–H groups in total. The molecule has 2 aliphatic rings. The molecule has 0 aromatic carbocycles. The normalized spacial score (nSPS) is 18.2. The number of H-pyrrole nitrogens is 1. The van der Waals surface area contributed by atoms with Crippen LogP contribution in [0.1, 0.15) is 23.8 Å². The van der Waals surface area contributed by atoms with Gasteiger partial charge in [-0.15, -0.1) is 0 Å². The molecular weight excluding hydrogens is 443 g/mol. The molecule has 1 fully saturated rings. The molecule has 2 bridgehead atoms. The number of amides is 3. The number of hydrogen-bond donors (Lipinski definition) is 3. The molecule has 3 aromatic rings. The number of anilines is 3. The standard InChI is InChI=1S/C19H18F3N9O2/c1-9(19(20,21)22)26-16(32)11-2-3-13-15(27-11)31(10-4-5-30(13)7-10)18(33)29-17-23-6-12-14(28-17)25-8-24-12/h2-3,6,8-10H,4-5,7H2,1H3,(H,26,32)(H2,23,24,25,28,29,33)/t9?,10-/m0/s1. The Labute approximate surface area is 184 Å². The fraction of sp³-hybridized carbons (Fsp3) is 0.368. The number of carbonyl (C=O) groups is 2. The first-order valence-electron chi connectivity index (χ1n) is 10.1. The lowest BCUT2D eigenvalue weighted by Gasteiger charge is -2.35. The Kier molecular flexibility index (Phi) is 4.79. The quantitative estimate of drug-likeness (QED) is 0.544. The van der Waals surface area contributed by atoms with Crippen molar-refractivity contribution in [3.05, 3.63) is 30.4 Å². The summed E-state index contributed by atoms with van der Waals surface area (Å²) in [5.41, 5.74) is 1.37. The van der Waals surface area contributed by atoms with Gasteiger partial charge in [-0.2, -0.15) is 18.2 Å². The summed E-state index contributed by atoms with van der Waals surface area (Å²) < 4.78 is 38.5. The number of aromatic nitrogens is 5. The first kappa shape index (κ1) is 20.9. The summed E-state index contributed by atoms with van der Waals surface area (Å²) in [4.78, 5) is 48.4. The van der Waals surface area contributed by atoms with Crippen molar-refractivity contribution in [2.75, 3.05) is 28.2 Å². The Hall–Kier alpha value is -3.97. The van der Waals surface area contributed by atoms with E-state index in [0.29, 0.717) is 36.4 Å². The third kappa shape index (κ3) is 3.76. The van der Waals surface area contributed by atoms with Crippen LogP contribution in [0.5, 0.6) is 0 Å². The molecule has 0 saturated carbocycles. The predicted octanol–water partition coefficient (Wildman–Crippen LogP) is 2.06. The summed E-state index contributed by atoms with van der Waals surface area (Å²) in [6, 6.07) is 0.0960. The smallest absolute Gasteiger partial charge is 0.366 e. The number of rotatable bonds is 3. The van der Waals surface area contributed by atoms with Gasteiger partial charge in [-0.25, -0.2) is 19.7 Å². The van der Waals surface area contributed by atoms with Gasteiger partial charge in [0, 0.05) is 13.1 Å². The molecule has 1 unspecified atom stereocenters. The zero-order valence-electron chi connectivity index (χ0n) is 17.2. The Balaban J connectivity index is 1.43. The summed E-state index contributed by atoms with van der Waals surface area (Å²) in [5, 5.41) is 4.51. The second kappa shape index (κ2) is 7.56. The summed E-state index contributed by atoms with van der Waals surface area (Å²) in [5.74, 6) is -0.757. The van der Waals surface area contributed by atoms with Crippen LogP contribution in [0.15, 0.2) is 24.7 Å². The van der Waals surface area contributed by atoms with Crippen LogP contribution in [0.2, 0.25) is 0 Å². The average molecular weight is 461 g/mol. The van der Waals surface area contributed by atoms with Crippen LogP contribution in [0.4, 0.5) is 35.4 Å². The van der Waals surface area contributed by atoms with Crippen molar-refractivity contribution in [1.29, 1.82) is 0 Å². The second-order valence-electron chi connectivity index (χ2n) is 7.80. The van der Waals surface area contributed by atoms with Gasteiger partial charge in [-0.3, -0.25) is 15.0 Å². The molecule has 0 aliphatic carbocycles. The first-order chi connectivity index (χ1) is 15.7. The number of imidazole rings is 1. The molecular formula is C19H18F3N9O2. The number of carbonyl (C=O) groups excluding carboxylic acids is 2. The van der Waals surface area contributed by atoms with Gasteiger partial charge < -0.3 is 15.2 Å². The number of aromatic amines is 1. The largest absolute Gasteiger partial charge is 0.408 e. The Morgan fingerprint density at radius 3 is 2.85 bits per heavy atom. The van der Waals surface area contributed by atoms with Crippen molar-refractivity contribution >= 4 is 40.6 Å². The van der Waals surface area contributed by atoms with Crippen molar-refractivity contribution in [1.82, 2.24) is 30.2 Å². The highest BCUT2D eigenvalue weighted by Crippen LogP contribution is 2.39. The molecule has 5 heterocycles. The lowest BCUT2D eigenvalue weighted by molar-refractivity contribution is -0.149. The number of alkyl halides is 3. The van der Waals surface area contributed by atoms with Gasteiger partial charge in [0.05, 0.1) is 24.3 Å². The zero-order valence-corrected chi connectivity index (χ0v) is 17.2. The fourth-order valence-electron chi connectivity index (χ4n) is 3.90. The highest BCUT2D eigenvalue weighted by atomic mass is 19.4. The SMILES string of the molecule is CC(NC(=O)c1ccc2c(n1)N(C(=O)Nc1ncc3[nH]cnc3n1)[C@H]1CCN2C1)C(F)(F)F. The van der Waals surface area contributed by atoms with Gasteiger partial charge in [0.2, 0.25) is 5.95 Å². The van der Waals surface area contributed by atoms with E-state index in [1.807, 2.05) is 10.2 Å². The van der Waals surface area contributed by atoms with Crippen molar-refractivity contribution < 1.29 is 22.8 Å². The van der Waals surface area contributed by atoms with Crippen LogP contribution in [0.3, 0.4) is 0 Å². The van der Waals surface area contributed by atoms with Crippen molar-refractivity contribution in [2.45, 2.75) is 31.6 Å². The van der Waals surface area contributed by atoms with Crippen LogP contribution in [0.25, 0.3) is 11.2 Å². The summed E-state index contributed by atoms with van der Waals surface area (Å²) in [7, 11) is 0. The molecule has 172 valence electrons. The molecule has 2 aliphatic heterocycles. The number of nitrogens with zero attached hydrogens (tertiary/aromatic N) is 6. The van der Waals surface area contributed by atoms with E-state index in [2.05, 4.69) is 30.2 Å². The van der Waals surface area contributed by atoms with Gasteiger partial charge in [0.25, 0.3) is 5.91 Å². The van der Waals surface area contributed by atoms with Gasteiger partial charge in [-0.05, 0) is 25.5 Å². The minimum absolute atomic E-state index is 0.0366. The van der Waals surface area contributed by atoms with E-state index in [9.17, 15) is 22.8 Å². The molecule has 1 saturated heterocycles. The zero-order chi connectivity index (χ0) is 23.3. The van der Waals surface area contributed by atoms with E-state index in [-0.39, 0.29) is 23.5 Å². The number of halogens is 3. The molecule has 2 atom stereocenters. The van der Waals surface area contributed by atoms with Crippen molar-refractivity contribution in [3.8, 4) is 0 Å². The van der Waals surface area contributed by atoms with Crippen LogP contribution in [-0.4, -0.2) is 68.2 Å². The number of pyridine rings is 1. The topological polar surface area (TPSA) is 132 Å². The molecule has 14 heteroatoms. The maximum absolute atomic E-state index is 13.2. The van der Waals surface area contributed by atoms with E-state index in [4.69, 9.17) is 0 Å². The maximum Gasteiger partial charge on any atom is 0.408 e. The Morgan fingerprint density at radius 1 is 1.24 bits per heavy atom. The molecule has 3 aromatic heterocycles. The lowest BCUT2D eigenvalue weighted by Crippen LogP contribution is -2.49. The lowest BCUT2D eigenvalue weighted by atomic mass is 10.1. The monoisotopic (exact) mass is 461 g/mol. The Bertz CT molecular complexity index is 1240. The molecule has 33 heavy (non-hydrogen) atoms. The second-order valence-corrected chi connectivity index (χ2v) is 7.80. The molecule has 5 rings (SSSR count). The van der Waals surface area contributed by atoms with E-state index < -0.39 is 24.2 Å². The average Bonchev–Trinajstić information content (AvgIpc) is 3.40. The number of urea groups is 1. The van der Waals surface area contributed by atoms with Gasteiger partial charge in [0.1, 0.15) is 17.3 Å². The molecule has 0 radical (unpaired) electrons. The van der Waals surface area contributed by atoms with E-state index in [1.165, 1.54) is 23.5 Å². The van der Waals surface area contributed by atoms with Crippen LogP contribution < -0.4 is 20.4 Å². The van der Waals surface area contributed by atoms with Gasteiger partial charge >= 0.3 is 12.2 Å². The predicted molar refractivity (Wildman–Crippen MR) is 111 cm³/mol. The van der Waals surface area contributed by atoms with E-state index in [0.717, 1.165) is 6.92 Å². The Morgan fingerprint density at radius 2 is 2.06 bits per heavy atom. The third-order valence-electron chi connectivity index (χ3n) is 5.64. The van der Waals surface area contributed by atoms with Crippen molar-refractivity contribution in [3.63, 3.8) is 0 Å². The maximum atomic E-state index is 13.2. The summed E-state index contributed by atoms with van der Waals surface area (Å²) in [6.45, 7) is 2.09. The van der Waals surface area contributed by atoms with E-state index >= 15 is 0 Å². The molecule has 0 spiro atoms. The highest BCUT2D eigenvalue weighted by molar-refractivity contribution is 6.04. The summed E-state index contributed by atoms with van der Waals surface area (Å²) in [6.07, 6.45) is -0.990. The number of hydrogen-bond acceptors (Lipinski definition) is 7. The van der Waals surface area contributed by atoms with Crippen LogP contribution in [0, 0.1) is 0 Å². The first-order valence-corrected chi connectivity index (χ1v) is 10.1. The highest BCUT2D eigenvalue weighted by Gasteiger charge is 2.41. The molecule has 11 nitrogen and oxygen atoms in total. The van der Waals surface area contributed by atoms with Crippen molar-refractivity contribution in [2.24, 2.45) is 0 Å². The summed E-state index contributed by atoms with van der Waals surface area (Å²) >= 11 is 0. The minimum Gasteiger partial charge on any atom is -0.366 e. The van der Waals surface area contributed by atoms with Gasteiger partial charge in [0.15, 0.2) is 11.5 Å². The van der Waals surface area contributed by atoms with Gasteiger partial charge in [-0.1, -0.05) is 0 Å². The van der Waals surface area contributed by atoms with E-state index in [1.54, 1.807) is 6.07 Å². The van der Waals surface area contributed by atoms with Crippen LogP contribution in [-0.2, 0) is 0 Å². The number of fused-ring (bicyclic) bond motifs is 5. The minimum atomic E-state index is -4.59.